The van der Waals surface area contributed by atoms with E-state index in [9.17, 15) is 4.79 Å². The molecule has 7 heteroatoms. The molecule has 1 fully saturated rings. The number of carboxylic acid groups (broad SMARTS) is 1. The second-order valence-electron chi connectivity index (χ2n) is 3.74. The van der Waals surface area contributed by atoms with E-state index in [0.29, 0.717) is 19.5 Å². The first-order valence-corrected chi connectivity index (χ1v) is 5.40. The normalized spacial score (nSPS) is 25.9. The summed E-state index contributed by atoms with van der Waals surface area (Å²) in [5.41, 5.74) is 4.61. The average molecular weight is 228 g/mol. The zero-order chi connectivity index (χ0) is 11.1. The molecule has 0 aliphatic carbocycles. The van der Waals surface area contributed by atoms with E-state index >= 15 is 0 Å². The van der Waals surface area contributed by atoms with Crippen LogP contribution in [0.1, 0.15) is 11.4 Å². The summed E-state index contributed by atoms with van der Waals surface area (Å²) in [7, 11) is 0. The van der Waals surface area contributed by atoms with Crippen molar-refractivity contribution in [2.45, 2.75) is 18.9 Å². The van der Waals surface area contributed by atoms with Crippen LogP contribution in [0.5, 0.6) is 0 Å². The largest absolute Gasteiger partial charge is 0.480 e. The number of hydrogen-bond donors (Lipinski definition) is 2. The minimum Gasteiger partial charge on any atom is -0.480 e. The molecule has 15 heavy (non-hydrogen) atoms. The number of carbonyl (C=O) groups is 1. The Morgan fingerprint density at radius 3 is 2.87 bits per heavy atom. The summed E-state index contributed by atoms with van der Waals surface area (Å²) < 4.78 is 0. The van der Waals surface area contributed by atoms with E-state index in [4.69, 9.17) is 10.8 Å². The zero-order valence-electron chi connectivity index (χ0n) is 8.30. The molecule has 82 valence electrons. The van der Waals surface area contributed by atoms with Crippen molar-refractivity contribution in [3.63, 3.8) is 0 Å². The molecule has 1 aromatic rings. The number of anilines is 1. The molecule has 1 aromatic heterocycles. The van der Waals surface area contributed by atoms with Gasteiger partial charge >= 0.3 is 5.97 Å². The van der Waals surface area contributed by atoms with Crippen LogP contribution >= 0.6 is 11.3 Å². The molecular weight excluding hydrogens is 216 g/mol. The number of rotatable bonds is 2. The van der Waals surface area contributed by atoms with Crippen molar-refractivity contribution in [3.8, 4) is 0 Å². The zero-order valence-corrected chi connectivity index (χ0v) is 9.12. The van der Waals surface area contributed by atoms with Crippen molar-refractivity contribution in [2.75, 3.05) is 18.0 Å². The third-order valence-corrected chi connectivity index (χ3v) is 3.41. The molecule has 6 nitrogen and oxygen atoms in total. The maximum absolute atomic E-state index is 10.9. The summed E-state index contributed by atoms with van der Waals surface area (Å²) in [6.45, 7) is 2.79. The quantitative estimate of drug-likeness (QED) is 0.730. The lowest BCUT2D eigenvalue weighted by molar-refractivity contribution is -0.142. The maximum atomic E-state index is 10.9. The van der Waals surface area contributed by atoms with Crippen LogP contribution < -0.4 is 10.6 Å². The highest BCUT2D eigenvalue weighted by atomic mass is 32.1. The van der Waals surface area contributed by atoms with Gasteiger partial charge < -0.3 is 15.7 Å². The third-order valence-electron chi connectivity index (χ3n) is 2.51. The van der Waals surface area contributed by atoms with Gasteiger partial charge in [-0.3, -0.25) is 4.79 Å². The minimum atomic E-state index is -1.14. The number of aliphatic carboxylic acids is 1. The van der Waals surface area contributed by atoms with Gasteiger partial charge in [0.15, 0.2) is 0 Å². The third kappa shape index (κ3) is 1.80. The summed E-state index contributed by atoms with van der Waals surface area (Å²) in [6, 6.07) is 0. The van der Waals surface area contributed by atoms with Crippen LogP contribution in [-0.2, 0) is 4.79 Å². The van der Waals surface area contributed by atoms with Gasteiger partial charge in [-0.2, -0.15) is 0 Å². The van der Waals surface area contributed by atoms with Gasteiger partial charge in [-0.15, -0.1) is 10.2 Å². The number of hydrogen-bond acceptors (Lipinski definition) is 6. The van der Waals surface area contributed by atoms with Gasteiger partial charge in [-0.25, -0.2) is 0 Å². The van der Waals surface area contributed by atoms with E-state index in [1.807, 2.05) is 11.8 Å². The maximum Gasteiger partial charge on any atom is 0.325 e. The molecule has 0 amide bonds. The SMILES string of the molecule is Cc1nnc(N2CCC(N)(C(=O)O)C2)s1. The van der Waals surface area contributed by atoms with Crippen LogP contribution in [0.3, 0.4) is 0 Å². The Bertz CT molecular complexity index is 394. The van der Waals surface area contributed by atoms with Crippen LogP contribution in [0.25, 0.3) is 0 Å². The van der Waals surface area contributed by atoms with Crippen molar-refractivity contribution in [1.82, 2.24) is 10.2 Å². The monoisotopic (exact) mass is 228 g/mol. The van der Waals surface area contributed by atoms with Gasteiger partial charge in [-0.1, -0.05) is 11.3 Å². The predicted molar refractivity (Wildman–Crippen MR) is 56.0 cm³/mol. The molecule has 0 bridgehead atoms. The highest BCUT2D eigenvalue weighted by Crippen LogP contribution is 2.27. The summed E-state index contributed by atoms with van der Waals surface area (Å²) in [4.78, 5) is 12.8. The van der Waals surface area contributed by atoms with E-state index in [2.05, 4.69) is 10.2 Å². The Morgan fingerprint density at radius 1 is 1.67 bits per heavy atom. The van der Waals surface area contributed by atoms with Gasteiger partial charge in [-0.05, 0) is 13.3 Å². The average Bonchev–Trinajstić information content (AvgIpc) is 2.73. The van der Waals surface area contributed by atoms with E-state index in [1.54, 1.807) is 0 Å². The number of nitrogens with two attached hydrogens (primary N) is 1. The molecule has 0 radical (unpaired) electrons. The van der Waals surface area contributed by atoms with Crippen LogP contribution in [0.15, 0.2) is 0 Å². The van der Waals surface area contributed by atoms with E-state index in [1.165, 1.54) is 11.3 Å². The molecule has 2 heterocycles. The summed E-state index contributed by atoms with van der Waals surface area (Å²) in [5, 5.41) is 18.4. The van der Waals surface area contributed by atoms with Crippen LogP contribution in [-0.4, -0.2) is 39.9 Å². The number of aromatic nitrogens is 2. The highest BCUT2D eigenvalue weighted by Gasteiger charge is 2.42. The molecular formula is C8H12N4O2S. The Labute approximate surface area is 90.7 Å². The van der Waals surface area contributed by atoms with Crippen molar-refractivity contribution >= 4 is 22.4 Å². The molecule has 0 aromatic carbocycles. The minimum absolute atomic E-state index is 0.303. The molecule has 1 unspecified atom stereocenters. The predicted octanol–water partition coefficient (Wildman–Crippen LogP) is -0.161. The number of nitrogens with zero attached hydrogens (tertiary/aromatic N) is 3. The topological polar surface area (TPSA) is 92.3 Å². The lowest BCUT2D eigenvalue weighted by Gasteiger charge is -2.18. The molecule has 1 saturated heterocycles. The Balaban J connectivity index is 2.14. The Hall–Kier alpha value is -1.21. The molecule has 1 aliphatic heterocycles. The van der Waals surface area contributed by atoms with Crippen LogP contribution in [0, 0.1) is 6.92 Å². The lowest BCUT2D eigenvalue weighted by Crippen LogP contribution is -2.50. The van der Waals surface area contributed by atoms with E-state index in [0.717, 1.165) is 10.1 Å². The van der Waals surface area contributed by atoms with Crippen molar-refractivity contribution in [1.29, 1.82) is 0 Å². The first kappa shape index (κ1) is 10.3. The van der Waals surface area contributed by atoms with Gasteiger partial charge in [0.1, 0.15) is 10.5 Å². The fourth-order valence-electron chi connectivity index (χ4n) is 1.58. The van der Waals surface area contributed by atoms with Gasteiger partial charge in [0.05, 0.1) is 0 Å². The van der Waals surface area contributed by atoms with Crippen LogP contribution in [0.2, 0.25) is 0 Å². The van der Waals surface area contributed by atoms with Gasteiger partial charge in [0.2, 0.25) is 5.13 Å². The Morgan fingerprint density at radius 2 is 2.40 bits per heavy atom. The Kier molecular flexibility index (Phi) is 2.35. The van der Waals surface area contributed by atoms with Gasteiger partial charge in [0, 0.05) is 13.1 Å². The van der Waals surface area contributed by atoms with Gasteiger partial charge in [0.25, 0.3) is 0 Å². The summed E-state index contributed by atoms with van der Waals surface area (Å²) >= 11 is 1.45. The first-order chi connectivity index (χ1) is 7.01. The highest BCUT2D eigenvalue weighted by molar-refractivity contribution is 7.15. The fraction of sp³-hybridized carbons (Fsp3) is 0.625. The second-order valence-corrected chi connectivity index (χ2v) is 4.90. The smallest absolute Gasteiger partial charge is 0.325 e. The number of carboxylic acids is 1. The van der Waals surface area contributed by atoms with Crippen molar-refractivity contribution < 1.29 is 9.90 Å². The molecule has 1 atom stereocenters. The lowest BCUT2D eigenvalue weighted by atomic mass is 10.0. The standard InChI is InChI=1S/C8H12N4O2S/c1-5-10-11-7(15-5)12-3-2-8(9,4-12)6(13)14/h2-4,9H2,1H3,(H,13,14). The molecule has 2 rings (SSSR count). The number of aryl methyl sites for hydroxylation is 1. The summed E-state index contributed by atoms with van der Waals surface area (Å²) in [5.74, 6) is -0.953. The molecule has 3 N–H and O–H groups in total. The fourth-order valence-corrected chi connectivity index (χ4v) is 2.30. The van der Waals surface area contributed by atoms with E-state index in [-0.39, 0.29) is 0 Å². The molecule has 0 spiro atoms. The van der Waals surface area contributed by atoms with Crippen molar-refractivity contribution in [3.05, 3.63) is 5.01 Å². The van der Waals surface area contributed by atoms with E-state index < -0.39 is 11.5 Å². The molecule has 0 saturated carbocycles. The first-order valence-electron chi connectivity index (χ1n) is 4.59. The van der Waals surface area contributed by atoms with Crippen LogP contribution in [0.4, 0.5) is 5.13 Å². The summed E-state index contributed by atoms with van der Waals surface area (Å²) in [6.07, 6.45) is 0.445. The second kappa shape index (κ2) is 3.42. The molecule has 1 aliphatic rings. The van der Waals surface area contributed by atoms with Crippen molar-refractivity contribution in [2.24, 2.45) is 5.73 Å².